The van der Waals surface area contributed by atoms with Crippen LogP contribution in [-0.2, 0) is 11.3 Å². The summed E-state index contributed by atoms with van der Waals surface area (Å²) in [7, 11) is 0. The van der Waals surface area contributed by atoms with Crippen LogP contribution in [0.25, 0.3) is 0 Å². The lowest BCUT2D eigenvalue weighted by molar-refractivity contribution is -0.132. The number of carbonyl (C=O) groups is 1. The Morgan fingerprint density at radius 3 is 2.76 bits per heavy atom. The number of alkyl halides is 1. The number of halogens is 1. The number of amides is 1. The Labute approximate surface area is 112 Å². The van der Waals surface area contributed by atoms with Crippen molar-refractivity contribution in [1.82, 2.24) is 4.90 Å². The molecule has 1 saturated carbocycles. The van der Waals surface area contributed by atoms with Crippen LogP contribution in [0.1, 0.15) is 37.0 Å². The number of thiophene rings is 1. The Morgan fingerprint density at radius 1 is 1.41 bits per heavy atom. The molecule has 17 heavy (non-hydrogen) atoms. The van der Waals surface area contributed by atoms with Crippen LogP contribution in [0.15, 0.2) is 17.5 Å². The highest BCUT2D eigenvalue weighted by Gasteiger charge is 2.24. The Kier molecular flexibility index (Phi) is 4.86. The Balaban J connectivity index is 2.04. The number of hydrogen-bond acceptors (Lipinski definition) is 2. The van der Waals surface area contributed by atoms with Crippen LogP contribution in [0, 0.1) is 0 Å². The van der Waals surface area contributed by atoms with Gasteiger partial charge in [0.25, 0.3) is 0 Å². The third-order valence-electron chi connectivity index (χ3n) is 3.36. The Morgan fingerprint density at radius 2 is 2.18 bits per heavy atom. The van der Waals surface area contributed by atoms with Crippen LogP contribution in [0.4, 0.5) is 0 Å². The molecule has 94 valence electrons. The molecule has 0 saturated heterocycles. The van der Waals surface area contributed by atoms with Crippen molar-refractivity contribution in [3.05, 3.63) is 22.4 Å². The standard InChI is InChI=1S/C13H18ClNOS/c14-9-13(16)15(10-12-7-4-8-17-12)11-5-2-1-3-6-11/h4,7-8,11H,1-3,5-6,9-10H2. The van der Waals surface area contributed by atoms with Crippen LogP contribution < -0.4 is 0 Å². The lowest BCUT2D eigenvalue weighted by Crippen LogP contribution is -2.41. The number of hydrogen-bond donors (Lipinski definition) is 0. The van der Waals surface area contributed by atoms with Gasteiger partial charge in [-0.05, 0) is 24.3 Å². The molecule has 1 heterocycles. The fourth-order valence-corrected chi connectivity index (χ4v) is 3.32. The highest BCUT2D eigenvalue weighted by Crippen LogP contribution is 2.25. The molecule has 0 atom stereocenters. The van der Waals surface area contributed by atoms with Crippen molar-refractivity contribution in [1.29, 1.82) is 0 Å². The second-order valence-electron chi connectivity index (χ2n) is 4.53. The van der Waals surface area contributed by atoms with E-state index < -0.39 is 0 Å². The number of carbonyl (C=O) groups excluding carboxylic acids is 1. The molecular formula is C13H18ClNOS. The lowest BCUT2D eigenvalue weighted by Gasteiger charge is -2.33. The molecule has 0 bridgehead atoms. The van der Waals surface area contributed by atoms with Crippen LogP contribution in [0.5, 0.6) is 0 Å². The summed E-state index contributed by atoms with van der Waals surface area (Å²) >= 11 is 7.42. The van der Waals surface area contributed by atoms with E-state index in [0.717, 1.165) is 19.4 Å². The third-order valence-corrected chi connectivity index (χ3v) is 4.45. The maximum atomic E-state index is 11.9. The molecule has 0 unspecified atom stereocenters. The maximum Gasteiger partial charge on any atom is 0.238 e. The van der Waals surface area contributed by atoms with Crippen molar-refractivity contribution in [3.63, 3.8) is 0 Å². The van der Waals surface area contributed by atoms with Gasteiger partial charge >= 0.3 is 0 Å². The van der Waals surface area contributed by atoms with Gasteiger partial charge in [-0.1, -0.05) is 25.3 Å². The van der Waals surface area contributed by atoms with Gasteiger partial charge in [0, 0.05) is 10.9 Å². The van der Waals surface area contributed by atoms with Crippen LogP contribution >= 0.6 is 22.9 Å². The van der Waals surface area contributed by atoms with Gasteiger partial charge in [0.2, 0.25) is 5.91 Å². The zero-order chi connectivity index (χ0) is 12.1. The van der Waals surface area contributed by atoms with E-state index in [-0.39, 0.29) is 11.8 Å². The van der Waals surface area contributed by atoms with E-state index in [4.69, 9.17) is 11.6 Å². The summed E-state index contributed by atoms with van der Waals surface area (Å²) in [4.78, 5) is 15.2. The molecule has 1 aromatic rings. The van der Waals surface area contributed by atoms with Gasteiger partial charge in [-0.25, -0.2) is 0 Å². The minimum Gasteiger partial charge on any atom is -0.334 e. The van der Waals surface area contributed by atoms with Crippen molar-refractivity contribution in [2.45, 2.75) is 44.7 Å². The Bertz CT molecular complexity index is 346. The summed E-state index contributed by atoms with van der Waals surface area (Å²) in [5.74, 6) is 0.175. The summed E-state index contributed by atoms with van der Waals surface area (Å²) in [5.41, 5.74) is 0. The maximum absolute atomic E-state index is 11.9. The second kappa shape index (κ2) is 6.41. The van der Waals surface area contributed by atoms with E-state index in [1.54, 1.807) is 11.3 Å². The summed E-state index contributed by atoms with van der Waals surface area (Å²) in [6, 6.07) is 4.52. The predicted octanol–water partition coefficient (Wildman–Crippen LogP) is 3.65. The summed E-state index contributed by atoms with van der Waals surface area (Å²) in [6.45, 7) is 0.730. The first-order valence-electron chi connectivity index (χ1n) is 6.19. The molecule has 1 amide bonds. The predicted molar refractivity (Wildman–Crippen MR) is 72.5 cm³/mol. The zero-order valence-electron chi connectivity index (χ0n) is 9.90. The largest absolute Gasteiger partial charge is 0.334 e. The second-order valence-corrected chi connectivity index (χ2v) is 5.83. The molecule has 0 aromatic carbocycles. The molecule has 1 aliphatic rings. The van der Waals surface area contributed by atoms with Gasteiger partial charge < -0.3 is 4.90 Å². The molecule has 2 nitrogen and oxygen atoms in total. The van der Waals surface area contributed by atoms with Gasteiger partial charge in [0.15, 0.2) is 0 Å². The first-order valence-corrected chi connectivity index (χ1v) is 7.60. The van der Waals surface area contributed by atoms with Gasteiger partial charge in [-0.15, -0.1) is 22.9 Å². The SMILES string of the molecule is O=C(CCl)N(Cc1cccs1)C1CCCCC1. The average molecular weight is 272 g/mol. The van der Waals surface area contributed by atoms with E-state index >= 15 is 0 Å². The minimum atomic E-state index is 0.0759. The first kappa shape index (κ1) is 12.9. The molecule has 1 aromatic heterocycles. The molecule has 1 fully saturated rings. The molecule has 0 radical (unpaired) electrons. The van der Waals surface area contributed by atoms with Crippen molar-refractivity contribution in [2.24, 2.45) is 0 Å². The normalized spacial score (nSPS) is 17.0. The molecule has 0 N–H and O–H groups in total. The van der Waals surface area contributed by atoms with Gasteiger partial charge in [-0.2, -0.15) is 0 Å². The monoisotopic (exact) mass is 271 g/mol. The van der Waals surface area contributed by atoms with E-state index in [1.807, 2.05) is 11.0 Å². The van der Waals surface area contributed by atoms with Gasteiger partial charge in [0.1, 0.15) is 5.88 Å². The summed E-state index contributed by atoms with van der Waals surface area (Å²) < 4.78 is 0. The quantitative estimate of drug-likeness (QED) is 0.766. The van der Waals surface area contributed by atoms with E-state index in [9.17, 15) is 4.79 Å². The topological polar surface area (TPSA) is 20.3 Å². The van der Waals surface area contributed by atoms with Crippen molar-refractivity contribution < 1.29 is 4.79 Å². The molecule has 0 aliphatic heterocycles. The van der Waals surface area contributed by atoms with E-state index in [0.29, 0.717) is 6.04 Å². The molecule has 0 spiro atoms. The van der Waals surface area contributed by atoms with E-state index in [2.05, 4.69) is 11.4 Å². The fourth-order valence-electron chi connectivity index (χ4n) is 2.46. The van der Waals surface area contributed by atoms with Gasteiger partial charge in [0.05, 0.1) is 6.54 Å². The lowest BCUT2D eigenvalue weighted by atomic mass is 9.94. The molecule has 4 heteroatoms. The molecular weight excluding hydrogens is 254 g/mol. The van der Waals surface area contributed by atoms with Crippen molar-refractivity contribution in [3.8, 4) is 0 Å². The third kappa shape index (κ3) is 3.46. The van der Waals surface area contributed by atoms with Crippen LogP contribution in [0.2, 0.25) is 0 Å². The highest BCUT2D eigenvalue weighted by atomic mass is 35.5. The fraction of sp³-hybridized carbons (Fsp3) is 0.615. The van der Waals surface area contributed by atoms with Crippen LogP contribution in [0.3, 0.4) is 0 Å². The number of rotatable bonds is 4. The summed E-state index contributed by atoms with van der Waals surface area (Å²) in [6.07, 6.45) is 6.04. The summed E-state index contributed by atoms with van der Waals surface area (Å²) in [5, 5.41) is 2.06. The van der Waals surface area contributed by atoms with E-state index in [1.165, 1.54) is 24.1 Å². The molecule has 1 aliphatic carbocycles. The van der Waals surface area contributed by atoms with Crippen molar-refractivity contribution >= 4 is 28.8 Å². The van der Waals surface area contributed by atoms with Crippen molar-refractivity contribution in [2.75, 3.05) is 5.88 Å². The number of nitrogens with zero attached hydrogens (tertiary/aromatic N) is 1. The zero-order valence-corrected chi connectivity index (χ0v) is 11.5. The van der Waals surface area contributed by atoms with Gasteiger partial charge in [-0.3, -0.25) is 4.79 Å². The van der Waals surface area contributed by atoms with Crippen LogP contribution in [-0.4, -0.2) is 22.7 Å². The average Bonchev–Trinajstić information content (AvgIpc) is 2.89. The molecule has 2 rings (SSSR count). The Hall–Kier alpha value is -0.540. The minimum absolute atomic E-state index is 0.0759. The highest BCUT2D eigenvalue weighted by molar-refractivity contribution is 7.09. The first-order chi connectivity index (χ1) is 8.31. The smallest absolute Gasteiger partial charge is 0.238 e.